The average Bonchev–Trinajstić information content (AvgIpc) is 2.46. The number of rotatable bonds is 5. The number of hydrogen-bond donors (Lipinski definition) is 1. The van der Waals surface area contributed by atoms with Gasteiger partial charge in [-0.25, -0.2) is 0 Å². The maximum Gasteiger partial charge on any atom is 0.102 e. The number of nitrogens with zero attached hydrogens (tertiary/aromatic N) is 1. The molecule has 102 valence electrons. The maximum absolute atomic E-state index is 9.23. The monoisotopic (exact) mass is 264 g/mol. The molecule has 2 heteroatoms. The Bertz CT molecular complexity index is 597. The Balaban J connectivity index is 1.97. The summed E-state index contributed by atoms with van der Waals surface area (Å²) in [6.07, 6.45) is 2.09. The highest BCUT2D eigenvalue weighted by atomic mass is 14.9. The number of nitriles is 1. The summed E-state index contributed by atoms with van der Waals surface area (Å²) >= 11 is 0. The number of benzene rings is 2. The Morgan fingerprint density at radius 2 is 1.85 bits per heavy atom. The molecule has 1 N–H and O–H groups in total. The molecule has 0 aliphatic carbocycles. The van der Waals surface area contributed by atoms with Crippen LogP contribution < -0.4 is 5.32 Å². The van der Waals surface area contributed by atoms with Gasteiger partial charge in [0.05, 0.1) is 11.3 Å². The normalized spacial score (nSPS) is 11.7. The van der Waals surface area contributed by atoms with Gasteiger partial charge in [0, 0.05) is 6.04 Å². The zero-order chi connectivity index (χ0) is 14.4. The van der Waals surface area contributed by atoms with Crippen LogP contribution in [0.3, 0.4) is 0 Å². The molecule has 0 saturated heterocycles. The molecule has 20 heavy (non-hydrogen) atoms. The number of aryl methyl sites for hydroxylation is 2. The van der Waals surface area contributed by atoms with E-state index in [1.807, 2.05) is 31.2 Å². The van der Waals surface area contributed by atoms with Crippen molar-refractivity contribution in [3.05, 3.63) is 65.2 Å². The molecular weight excluding hydrogens is 244 g/mol. The van der Waals surface area contributed by atoms with Crippen LogP contribution in [-0.4, -0.2) is 6.04 Å². The third kappa shape index (κ3) is 3.61. The maximum atomic E-state index is 9.23. The second-order valence-electron chi connectivity index (χ2n) is 5.18. The molecular formula is C18H20N2. The lowest BCUT2D eigenvalue weighted by atomic mass is 10.0. The highest BCUT2D eigenvalue weighted by Gasteiger charge is 2.08. The minimum absolute atomic E-state index is 0.337. The molecule has 0 fully saturated rings. The minimum atomic E-state index is 0.337. The summed E-state index contributed by atoms with van der Waals surface area (Å²) in [5.41, 5.74) is 4.06. The molecule has 0 aliphatic rings. The third-order valence-electron chi connectivity index (χ3n) is 3.50. The molecule has 2 aromatic rings. The van der Waals surface area contributed by atoms with Crippen molar-refractivity contribution in [2.45, 2.75) is 32.7 Å². The second kappa shape index (κ2) is 6.77. The van der Waals surface area contributed by atoms with Crippen LogP contribution in [0.4, 0.5) is 5.69 Å². The molecule has 0 radical (unpaired) electrons. The van der Waals surface area contributed by atoms with E-state index in [0.29, 0.717) is 6.04 Å². The van der Waals surface area contributed by atoms with E-state index in [1.54, 1.807) is 0 Å². The molecule has 0 bridgehead atoms. The first-order chi connectivity index (χ1) is 9.70. The van der Waals surface area contributed by atoms with Gasteiger partial charge in [-0.2, -0.15) is 5.26 Å². The van der Waals surface area contributed by atoms with Gasteiger partial charge >= 0.3 is 0 Å². The average molecular weight is 264 g/mol. The smallest absolute Gasteiger partial charge is 0.102 e. The molecule has 0 heterocycles. The van der Waals surface area contributed by atoms with Gasteiger partial charge in [0.15, 0.2) is 0 Å². The Hall–Kier alpha value is -2.27. The topological polar surface area (TPSA) is 35.8 Å². The first-order valence-electron chi connectivity index (χ1n) is 7.01. The van der Waals surface area contributed by atoms with Gasteiger partial charge < -0.3 is 5.32 Å². The van der Waals surface area contributed by atoms with Crippen LogP contribution in [0.2, 0.25) is 0 Å². The zero-order valence-corrected chi connectivity index (χ0v) is 12.1. The largest absolute Gasteiger partial charge is 0.382 e. The molecule has 0 spiro atoms. The van der Waals surface area contributed by atoms with Gasteiger partial charge in [-0.15, -0.1) is 0 Å². The fourth-order valence-corrected chi connectivity index (χ4v) is 2.30. The lowest BCUT2D eigenvalue weighted by molar-refractivity contribution is 0.706. The molecule has 1 atom stereocenters. The number of nitrogens with one attached hydrogen (secondary N) is 1. The van der Waals surface area contributed by atoms with E-state index in [4.69, 9.17) is 0 Å². The van der Waals surface area contributed by atoms with Gasteiger partial charge in [0.2, 0.25) is 0 Å². The molecule has 0 amide bonds. The highest BCUT2D eigenvalue weighted by Crippen LogP contribution is 2.20. The van der Waals surface area contributed by atoms with Crippen LogP contribution in [0.15, 0.2) is 48.5 Å². The van der Waals surface area contributed by atoms with E-state index in [9.17, 15) is 5.26 Å². The Morgan fingerprint density at radius 1 is 1.10 bits per heavy atom. The first-order valence-corrected chi connectivity index (χ1v) is 7.01. The summed E-state index contributed by atoms with van der Waals surface area (Å²) in [5, 5.41) is 12.7. The van der Waals surface area contributed by atoms with E-state index in [1.165, 1.54) is 5.56 Å². The molecule has 0 saturated carbocycles. The summed E-state index contributed by atoms with van der Waals surface area (Å²) in [6.45, 7) is 4.13. The van der Waals surface area contributed by atoms with Crippen molar-refractivity contribution in [2.75, 3.05) is 5.32 Å². The van der Waals surface area contributed by atoms with Crippen molar-refractivity contribution in [1.29, 1.82) is 5.26 Å². The van der Waals surface area contributed by atoms with E-state index in [-0.39, 0.29) is 0 Å². The van der Waals surface area contributed by atoms with Crippen LogP contribution in [0.1, 0.15) is 30.0 Å². The summed E-state index contributed by atoms with van der Waals surface area (Å²) in [5.74, 6) is 0. The zero-order valence-electron chi connectivity index (χ0n) is 12.1. The van der Waals surface area contributed by atoms with E-state index < -0.39 is 0 Å². The number of anilines is 1. The Labute approximate surface area is 121 Å². The second-order valence-corrected chi connectivity index (χ2v) is 5.18. The molecule has 2 rings (SSSR count). The van der Waals surface area contributed by atoms with Gasteiger partial charge in [0.25, 0.3) is 0 Å². The van der Waals surface area contributed by atoms with Crippen LogP contribution >= 0.6 is 0 Å². The van der Waals surface area contributed by atoms with Crippen molar-refractivity contribution in [2.24, 2.45) is 0 Å². The Kier molecular flexibility index (Phi) is 4.79. The molecule has 0 aromatic heterocycles. The molecule has 2 nitrogen and oxygen atoms in total. The van der Waals surface area contributed by atoms with E-state index in [0.717, 1.165) is 29.7 Å². The standard InChI is InChI=1S/C18H20N2/c1-14-7-6-10-18(17(14)13-19)20-15(2)11-12-16-8-4-3-5-9-16/h3-10,15,20H,11-12H2,1-2H3. The van der Waals surface area contributed by atoms with E-state index in [2.05, 4.69) is 42.6 Å². The molecule has 0 aliphatic heterocycles. The van der Waals surface area contributed by atoms with Gasteiger partial charge in [-0.1, -0.05) is 42.5 Å². The van der Waals surface area contributed by atoms with Crippen molar-refractivity contribution in [3.8, 4) is 6.07 Å². The summed E-state index contributed by atoms with van der Waals surface area (Å²) in [4.78, 5) is 0. The molecule has 1 unspecified atom stereocenters. The van der Waals surface area contributed by atoms with Gasteiger partial charge in [-0.3, -0.25) is 0 Å². The predicted octanol–water partition coefficient (Wildman–Crippen LogP) is 4.30. The summed E-state index contributed by atoms with van der Waals surface area (Å²) in [7, 11) is 0. The fraction of sp³-hybridized carbons (Fsp3) is 0.278. The van der Waals surface area contributed by atoms with Crippen LogP contribution in [0, 0.1) is 18.3 Å². The number of hydrogen-bond acceptors (Lipinski definition) is 2. The molecule has 2 aromatic carbocycles. The lowest BCUT2D eigenvalue weighted by Gasteiger charge is -2.17. The van der Waals surface area contributed by atoms with Crippen LogP contribution in [0.25, 0.3) is 0 Å². The Morgan fingerprint density at radius 3 is 2.55 bits per heavy atom. The third-order valence-corrected chi connectivity index (χ3v) is 3.50. The quantitative estimate of drug-likeness (QED) is 0.874. The van der Waals surface area contributed by atoms with Crippen molar-refractivity contribution in [1.82, 2.24) is 0 Å². The highest BCUT2D eigenvalue weighted by molar-refractivity contribution is 5.60. The van der Waals surface area contributed by atoms with Crippen LogP contribution in [-0.2, 0) is 6.42 Å². The fourth-order valence-electron chi connectivity index (χ4n) is 2.30. The van der Waals surface area contributed by atoms with Gasteiger partial charge in [0.1, 0.15) is 6.07 Å². The van der Waals surface area contributed by atoms with Crippen molar-refractivity contribution < 1.29 is 0 Å². The lowest BCUT2D eigenvalue weighted by Crippen LogP contribution is -2.17. The minimum Gasteiger partial charge on any atom is -0.382 e. The van der Waals surface area contributed by atoms with Crippen molar-refractivity contribution >= 4 is 5.69 Å². The van der Waals surface area contributed by atoms with Gasteiger partial charge in [-0.05, 0) is 43.9 Å². The summed E-state index contributed by atoms with van der Waals surface area (Å²) in [6, 6.07) is 19.0. The first kappa shape index (κ1) is 14.1. The van der Waals surface area contributed by atoms with E-state index >= 15 is 0 Å². The predicted molar refractivity (Wildman–Crippen MR) is 83.7 cm³/mol. The SMILES string of the molecule is Cc1cccc(NC(C)CCc2ccccc2)c1C#N. The summed E-state index contributed by atoms with van der Waals surface area (Å²) < 4.78 is 0. The van der Waals surface area contributed by atoms with Crippen LogP contribution in [0.5, 0.6) is 0 Å². The van der Waals surface area contributed by atoms with Crippen molar-refractivity contribution in [3.63, 3.8) is 0 Å².